The summed E-state index contributed by atoms with van der Waals surface area (Å²) in [5, 5.41) is 0. The van der Waals surface area contributed by atoms with Crippen molar-refractivity contribution in [2.75, 3.05) is 5.75 Å². The van der Waals surface area contributed by atoms with Gasteiger partial charge in [-0.25, -0.2) is 0 Å². The van der Waals surface area contributed by atoms with Gasteiger partial charge < -0.3 is 0 Å². The minimum atomic E-state index is 0.0965. The summed E-state index contributed by atoms with van der Waals surface area (Å²) < 4.78 is 0.0965. The second kappa shape index (κ2) is 8.82. The van der Waals surface area contributed by atoms with E-state index in [2.05, 4.69) is 39.8 Å². The lowest BCUT2D eigenvalue weighted by atomic mass is 9.89. The lowest BCUT2D eigenvalue weighted by Gasteiger charge is -2.27. The molecule has 2 heteroatoms. The number of allylic oxidation sites excluding steroid dienone is 4. The van der Waals surface area contributed by atoms with Crippen molar-refractivity contribution in [3.05, 3.63) is 23.3 Å². The SMILES string of the molecule is CC(=O)CC(C)(C)SCC1CC=C(CCC=C(C)C)CC1. The lowest BCUT2D eigenvalue weighted by Crippen LogP contribution is -2.21. The zero-order valence-corrected chi connectivity index (χ0v) is 15.3. The molecule has 1 nitrogen and oxygen atoms in total. The Hall–Kier alpha value is -0.500. The molecule has 0 aromatic rings. The zero-order chi connectivity index (χ0) is 15.9. The molecule has 21 heavy (non-hydrogen) atoms. The lowest BCUT2D eigenvalue weighted by molar-refractivity contribution is -0.117. The Balaban J connectivity index is 2.30. The molecule has 1 unspecified atom stereocenters. The Morgan fingerprint density at radius 3 is 2.62 bits per heavy atom. The van der Waals surface area contributed by atoms with Crippen LogP contribution in [0.4, 0.5) is 0 Å². The highest BCUT2D eigenvalue weighted by Gasteiger charge is 2.23. The van der Waals surface area contributed by atoms with Crippen molar-refractivity contribution in [3.63, 3.8) is 0 Å². The van der Waals surface area contributed by atoms with Crippen molar-refractivity contribution in [3.8, 4) is 0 Å². The minimum absolute atomic E-state index is 0.0965. The summed E-state index contributed by atoms with van der Waals surface area (Å²) in [6.45, 7) is 10.4. The number of hydrogen-bond donors (Lipinski definition) is 0. The van der Waals surface area contributed by atoms with Gasteiger partial charge in [-0.1, -0.05) is 37.1 Å². The van der Waals surface area contributed by atoms with E-state index in [0.29, 0.717) is 12.2 Å². The Morgan fingerprint density at radius 2 is 2.10 bits per heavy atom. The van der Waals surface area contributed by atoms with Crippen LogP contribution in [0.5, 0.6) is 0 Å². The number of rotatable bonds is 8. The summed E-state index contributed by atoms with van der Waals surface area (Å²) in [6, 6.07) is 0. The third-order valence-corrected chi connectivity index (χ3v) is 5.58. The van der Waals surface area contributed by atoms with Crippen LogP contribution in [0, 0.1) is 5.92 Å². The van der Waals surface area contributed by atoms with Crippen LogP contribution in [0.15, 0.2) is 23.3 Å². The highest BCUT2D eigenvalue weighted by atomic mass is 32.2. The zero-order valence-electron chi connectivity index (χ0n) is 14.5. The van der Waals surface area contributed by atoms with Gasteiger partial charge in [0, 0.05) is 11.2 Å². The molecular formula is C19H32OS. The molecule has 0 spiro atoms. The predicted molar refractivity (Wildman–Crippen MR) is 95.9 cm³/mol. The maximum absolute atomic E-state index is 11.3. The number of thioether (sulfide) groups is 1. The van der Waals surface area contributed by atoms with Gasteiger partial charge in [-0.15, -0.1) is 0 Å². The monoisotopic (exact) mass is 308 g/mol. The van der Waals surface area contributed by atoms with Crippen LogP contribution in [0.1, 0.15) is 73.1 Å². The maximum Gasteiger partial charge on any atom is 0.131 e. The van der Waals surface area contributed by atoms with Gasteiger partial charge in [-0.3, -0.25) is 4.79 Å². The van der Waals surface area contributed by atoms with Crippen molar-refractivity contribution < 1.29 is 4.79 Å². The van der Waals surface area contributed by atoms with Gasteiger partial charge in [0.1, 0.15) is 5.78 Å². The van der Waals surface area contributed by atoms with E-state index < -0.39 is 0 Å². The van der Waals surface area contributed by atoms with Crippen molar-refractivity contribution >= 4 is 17.5 Å². The maximum atomic E-state index is 11.3. The van der Waals surface area contributed by atoms with Gasteiger partial charge in [0.05, 0.1) is 0 Å². The van der Waals surface area contributed by atoms with Crippen LogP contribution in [0.25, 0.3) is 0 Å². The number of hydrogen-bond acceptors (Lipinski definition) is 2. The Labute approximate surface area is 135 Å². The summed E-state index contributed by atoms with van der Waals surface area (Å²) in [6.07, 6.45) is 11.8. The van der Waals surface area contributed by atoms with Crippen molar-refractivity contribution in [2.45, 2.75) is 77.9 Å². The molecule has 120 valence electrons. The quantitative estimate of drug-likeness (QED) is 0.515. The van der Waals surface area contributed by atoms with E-state index in [9.17, 15) is 4.79 Å². The van der Waals surface area contributed by atoms with Gasteiger partial charge >= 0.3 is 0 Å². The Morgan fingerprint density at radius 1 is 1.38 bits per heavy atom. The van der Waals surface area contributed by atoms with E-state index in [1.54, 1.807) is 12.5 Å². The third kappa shape index (κ3) is 8.50. The molecule has 0 saturated heterocycles. The molecule has 0 aromatic carbocycles. The molecule has 0 radical (unpaired) electrons. The Bertz CT molecular complexity index is 400. The highest BCUT2D eigenvalue weighted by Crippen LogP contribution is 2.35. The molecule has 0 amide bonds. The summed E-state index contributed by atoms with van der Waals surface area (Å²) in [5.41, 5.74) is 3.07. The molecule has 1 aliphatic rings. The first kappa shape index (κ1) is 18.5. The first-order chi connectivity index (χ1) is 9.78. The number of Topliss-reactive ketones (excluding diaryl/α,β-unsaturated/α-hetero) is 1. The summed E-state index contributed by atoms with van der Waals surface area (Å²) >= 11 is 1.98. The number of carbonyl (C=O) groups excluding carboxylic acids is 1. The van der Waals surface area contributed by atoms with Crippen LogP contribution in [-0.2, 0) is 4.79 Å². The largest absolute Gasteiger partial charge is 0.300 e. The molecule has 0 aliphatic heterocycles. The van der Waals surface area contributed by atoms with E-state index in [1.165, 1.54) is 43.4 Å². The molecule has 0 heterocycles. The molecule has 1 atom stereocenters. The normalized spacial score (nSPS) is 19.1. The second-order valence-corrected chi connectivity index (χ2v) is 9.00. The first-order valence-electron chi connectivity index (χ1n) is 8.23. The molecule has 1 rings (SSSR count). The molecule has 0 fully saturated rings. The first-order valence-corrected chi connectivity index (χ1v) is 9.22. The third-order valence-electron chi connectivity index (χ3n) is 4.02. The van der Waals surface area contributed by atoms with Crippen molar-refractivity contribution in [1.29, 1.82) is 0 Å². The van der Waals surface area contributed by atoms with Crippen LogP contribution in [-0.4, -0.2) is 16.3 Å². The molecule has 1 aliphatic carbocycles. The Kier molecular flexibility index (Phi) is 7.79. The minimum Gasteiger partial charge on any atom is -0.300 e. The number of carbonyl (C=O) groups is 1. The van der Waals surface area contributed by atoms with E-state index >= 15 is 0 Å². The fourth-order valence-electron chi connectivity index (χ4n) is 2.86. The van der Waals surface area contributed by atoms with Gasteiger partial charge in [-0.2, -0.15) is 11.8 Å². The molecule has 0 aromatic heterocycles. The standard InChI is InChI=1S/C19H32OS/c1-15(2)7-6-8-17-9-11-18(12-10-17)14-21-19(4,5)13-16(3)20/h7,9,18H,6,8,10-14H2,1-5H3. The second-order valence-electron chi connectivity index (χ2n) is 7.27. The topological polar surface area (TPSA) is 17.1 Å². The molecule has 0 bridgehead atoms. The van der Waals surface area contributed by atoms with Crippen LogP contribution in [0.2, 0.25) is 0 Å². The van der Waals surface area contributed by atoms with Crippen molar-refractivity contribution in [1.82, 2.24) is 0 Å². The summed E-state index contributed by atoms with van der Waals surface area (Å²) in [4.78, 5) is 11.3. The van der Waals surface area contributed by atoms with Crippen LogP contribution >= 0.6 is 11.8 Å². The smallest absolute Gasteiger partial charge is 0.131 e. The van der Waals surface area contributed by atoms with E-state index in [1.807, 2.05) is 11.8 Å². The average Bonchev–Trinajstić information content (AvgIpc) is 2.36. The fraction of sp³-hybridized carbons (Fsp3) is 0.737. The van der Waals surface area contributed by atoms with Gasteiger partial charge in [0.25, 0.3) is 0 Å². The molecular weight excluding hydrogens is 276 g/mol. The highest BCUT2D eigenvalue weighted by molar-refractivity contribution is 8.00. The molecule has 0 saturated carbocycles. The molecule has 0 N–H and O–H groups in total. The van der Waals surface area contributed by atoms with Gasteiger partial charge in [-0.05, 0) is 64.5 Å². The fourth-order valence-corrected chi connectivity index (χ4v) is 4.16. The van der Waals surface area contributed by atoms with Crippen LogP contribution in [0.3, 0.4) is 0 Å². The summed E-state index contributed by atoms with van der Waals surface area (Å²) in [7, 11) is 0. The van der Waals surface area contributed by atoms with Gasteiger partial charge in [0.15, 0.2) is 0 Å². The van der Waals surface area contributed by atoms with Crippen molar-refractivity contribution in [2.24, 2.45) is 5.92 Å². The number of ketones is 1. The van der Waals surface area contributed by atoms with E-state index in [4.69, 9.17) is 0 Å². The van der Waals surface area contributed by atoms with E-state index in [-0.39, 0.29) is 4.75 Å². The van der Waals surface area contributed by atoms with Gasteiger partial charge in [0.2, 0.25) is 0 Å². The van der Waals surface area contributed by atoms with E-state index in [0.717, 1.165) is 5.92 Å². The average molecular weight is 309 g/mol. The van der Waals surface area contributed by atoms with Crippen LogP contribution < -0.4 is 0 Å². The summed E-state index contributed by atoms with van der Waals surface area (Å²) in [5.74, 6) is 2.30. The predicted octanol–water partition coefficient (Wildman–Crippen LogP) is 5.95.